The van der Waals surface area contributed by atoms with E-state index in [0.29, 0.717) is 5.82 Å². The van der Waals surface area contributed by atoms with Crippen molar-refractivity contribution in [3.63, 3.8) is 0 Å². The first-order valence-electron chi connectivity index (χ1n) is 19.5. The van der Waals surface area contributed by atoms with Gasteiger partial charge in [0.25, 0.3) is 0 Å². The molecule has 0 N–H and O–H groups in total. The molecular formula is C52H38N2O. The molecule has 9 aromatic rings. The molecule has 0 bridgehead atoms. The Balaban J connectivity index is 1.05. The van der Waals surface area contributed by atoms with Crippen molar-refractivity contribution in [1.82, 2.24) is 9.97 Å². The molecule has 3 nitrogen and oxygen atoms in total. The zero-order valence-corrected chi connectivity index (χ0v) is 30.5. The van der Waals surface area contributed by atoms with Gasteiger partial charge in [-0.3, -0.25) is 0 Å². The first-order chi connectivity index (χ1) is 27.2. The van der Waals surface area contributed by atoms with E-state index in [9.17, 15) is 0 Å². The molecule has 0 saturated heterocycles. The Bertz CT molecular complexity index is 2880. The third kappa shape index (κ3) is 5.18. The molecule has 262 valence electrons. The second-order valence-corrected chi connectivity index (χ2v) is 15.2. The molecule has 7 aromatic carbocycles. The largest absolute Gasteiger partial charge is 0.455 e. The number of fused-ring (bicyclic) bond motifs is 8. The molecule has 55 heavy (non-hydrogen) atoms. The van der Waals surface area contributed by atoms with Gasteiger partial charge in [-0.15, -0.1) is 0 Å². The van der Waals surface area contributed by atoms with Gasteiger partial charge in [-0.05, 0) is 70.0 Å². The normalized spacial score (nSPS) is 14.3. The van der Waals surface area contributed by atoms with E-state index in [2.05, 4.69) is 146 Å². The van der Waals surface area contributed by atoms with E-state index in [1.54, 1.807) is 0 Å². The van der Waals surface area contributed by atoms with Crippen LogP contribution in [0.4, 0.5) is 0 Å². The number of furan rings is 1. The molecule has 1 spiro atoms. The molecule has 1 saturated carbocycles. The summed E-state index contributed by atoms with van der Waals surface area (Å²) in [6.07, 6.45) is 6.37. The lowest BCUT2D eigenvalue weighted by Crippen LogP contribution is -2.27. The van der Waals surface area contributed by atoms with Gasteiger partial charge in [-0.1, -0.05) is 171 Å². The van der Waals surface area contributed by atoms with Gasteiger partial charge in [0.15, 0.2) is 5.82 Å². The van der Waals surface area contributed by atoms with E-state index in [1.165, 1.54) is 71.0 Å². The van der Waals surface area contributed by atoms with Crippen LogP contribution in [0.1, 0.15) is 43.2 Å². The number of para-hydroxylation sites is 2. The highest BCUT2D eigenvalue weighted by molar-refractivity contribution is 6.13. The van der Waals surface area contributed by atoms with Crippen LogP contribution in [0, 0.1) is 0 Å². The standard InChI is InChI=1S/C52H38N2O/c1-4-14-34(15-5-1)35-24-26-36(27-25-35)47-33-48(54-51(53-47)37-16-6-2-7-17-37)43-22-13-21-42-41-20-12-19-39(49(41)55-50(42)43)38-28-29-46-44(32-38)40-18-8-9-23-45(40)52(46)30-10-3-11-31-52/h1-2,4-9,12-29,32-33H,3,10-11,30-31H2. The number of rotatable bonds is 5. The van der Waals surface area contributed by atoms with Gasteiger partial charge in [0.2, 0.25) is 0 Å². The minimum atomic E-state index is 0.141. The zero-order chi connectivity index (χ0) is 36.3. The molecule has 2 aliphatic rings. The molecule has 0 unspecified atom stereocenters. The predicted octanol–water partition coefficient (Wildman–Crippen LogP) is 13.9. The first-order valence-corrected chi connectivity index (χ1v) is 19.5. The molecule has 11 rings (SSSR count). The van der Waals surface area contributed by atoms with E-state index in [4.69, 9.17) is 14.4 Å². The van der Waals surface area contributed by atoms with Crippen LogP contribution in [0.2, 0.25) is 0 Å². The quantitative estimate of drug-likeness (QED) is 0.179. The fourth-order valence-electron chi connectivity index (χ4n) is 9.49. The number of hydrogen-bond acceptors (Lipinski definition) is 3. The molecule has 2 aliphatic carbocycles. The van der Waals surface area contributed by atoms with Gasteiger partial charge in [0, 0.05) is 38.4 Å². The average molecular weight is 707 g/mol. The predicted molar refractivity (Wildman–Crippen MR) is 226 cm³/mol. The van der Waals surface area contributed by atoms with Gasteiger partial charge >= 0.3 is 0 Å². The number of hydrogen-bond donors (Lipinski definition) is 0. The lowest BCUT2D eigenvalue weighted by molar-refractivity contribution is 0.353. The van der Waals surface area contributed by atoms with Crippen molar-refractivity contribution < 1.29 is 4.42 Å². The van der Waals surface area contributed by atoms with Crippen LogP contribution in [0.15, 0.2) is 174 Å². The van der Waals surface area contributed by atoms with Crippen molar-refractivity contribution in [3.8, 4) is 67.3 Å². The summed E-state index contributed by atoms with van der Waals surface area (Å²) in [6, 6.07) is 60.7. The van der Waals surface area contributed by atoms with Gasteiger partial charge in [-0.25, -0.2) is 9.97 Å². The summed E-state index contributed by atoms with van der Waals surface area (Å²) in [5.74, 6) is 0.684. The number of benzene rings is 7. The molecule has 3 heteroatoms. The van der Waals surface area contributed by atoms with E-state index >= 15 is 0 Å². The summed E-state index contributed by atoms with van der Waals surface area (Å²) < 4.78 is 7.02. The minimum absolute atomic E-state index is 0.141. The molecule has 2 aromatic heterocycles. The van der Waals surface area contributed by atoms with Crippen LogP contribution in [-0.4, -0.2) is 9.97 Å². The maximum absolute atomic E-state index is 7.02. The SMILES string of the molecule is c1ccc(-c2ccc(-c3cc(-c4cccc5c4oc4c(-c6ccc7c(c6)-c6ccccc6C76CCCCC6)cccc45)nc(-c4ccccc4)n3)cc2)cc1. The van der Waals surface area contributed by atoms with Crippen LogP contribution < -0.4 is 0 Å². The molecule has 1 fully saturated rings. The minimum Gasteiger partial charge on any atom is -0.455 e. The summed E-state index contributed by atoms with van der Waals surface area (Å²) in [6.45, 7) is 0. The molecular weight excluding hydrogens is 669 g/mol. The summed E-state index contributed by atoms with van der Waals surface area (Å²) in [5, 5.41) is 2.18. The Kier molecular flexibility index (Phi) is 7.41. The first kappa shape index (κ1) is 31.9. The molecule has 0 radical (unpaired) electrons. The van der Waals surface area contributed by atoms with Crippen LogP contribution in [-0.2, 0) is 5.41 Å². The summed E-state index contributed by atoms with van der Waals surface area (Å²) in [7, 11) is 0. The van der Waals surface area contributed by atoms with Crippen molar-refractivity contribution in [2.75, 3.05) is 0 Å². The van der Waals surface area contributed by atoms with Crippen LogP contribution in [0.3, 0.4) is 0 Å². The maximum Gasteiger partial charge on any atom is 0.160 e. The van der Waals surface area contributed by atoms with Crippen molar-refractivity contribution in [1.29, 1.82) is 0 Å². The monoisotopic (exact) mass is 706 g/mol. The molecule has 2 heterocycles. The van der Waals surface area contributed by atoms with Crippen molar-refractivity contribution in [3.05, 3.63) is 181 Å². The Labute approximate surface area is 321 Å². The van der Waals surface area contributed by atoms with E-state index in [-0.39, 0.29) is 5.41 Å². The van der Waals surface area contributed by atoms with E-state index < -0.39 is 0 Å². The maximum atomic E-state index is 7.02. The Morgan fingerprint density at radius 3 is 1.71 bits per heavy atom. The molecule has 0 aliphatic heterocycles. The second-order valence-electron chi connectivity index (χ2n) is 15.2. The Morgan fingerprint density at radius 1 is 0.382 bits per heavy atom. The molecule has 0 amide bonds. The van der Waals surface area contributed by atoms with Gasteiger partial charge in [0.05, 0.1) is 11.4 Å². The van der Waals surface area contributed by atoms with E-state index in [1.807, 2.05) is 24.3 Å². The lowest BCUT2D eigenvalue weighted by atomic mass is 9.68. The second kappa shape index (κ2) is 12.8. The summed E-state index contributed by atoms with van der Waals surface area (Å²) in [5.41, 5.74) is 17.0. The topological polar surface area (TPSA) is 38.9 Å². The summed E-state index contributed by atoms with van der Waals surface area (Å²) >= 11 is 0. The highest BCUT2D eigenvalue weighted by Crippen LogP contribution is 2.56. The lowest BCUT2D eigenvalue weighted by Gasteiger charge is -2.36. The van der Waals surface area contributed by atoms with Crippen molar-refractivity contribution >= 4 is 21.9 Å². The summed E-state index contributed by atoms with van der Waals surface area (Å²) in [4.78, 5) is 10.3. The molecule has 0 atom stereocenters. The number of nitrogens with zero attached hydrogens (tertiary/aromatic N) is 2. The van der Waals surface area contributed by atoms with Gasteiger partial charge in [-0.2, -0.15) is 0 Å². The highest BCUT2D eigenvalue weighted by Gasteiger charge is 2.43. The highest BCUT2D eigenvalue weighted by atomic mass is 16.3. The Hall–Kier alpha value is -6.58. The third-order valence-corrected chi connectivity index (χ3v) is 12.1. The zero-order valence-electron chi connectivity index (χ0n) is 30.5. The van der Waals surface area contributed by atoms with Gasteiger partial charge in [0.1, 0.15) is 11.2 Å². The number of aromatic nitrogens is 2. The van der Waals surface area contributed by atoms with Crippen molar-refractivity contribution in [2.24, 2.45) is 0 Å². The Morgan fingerprint density at radius 2 is 0.945 bits per heavy atom. The smallest absolute Gasteiger partial charge is 0.160 e. The van der Waals surface area contributed by atoms with Crippen molar-refractivity contribution in [2.45, 2.75) is 37.5 Å². The van der Waals surface area contributed by atoms with E-state index in [0.717, 1.165) is 55.6 Å². The fraction of sp³-hybridized carbons (Fsp3) is 0.115. The van der Waals surface area contributed by atoms with Gasteiger partial charge < -0.3 is 4.42 Å². The average Bonchev–Trinajstić information content (AvgIpc) is 3.78. The third-order valence-electron chi connectivity index (χ3n) is 12.1. The van der Waals surface area contributed by atoms with Crippen LogP contribution in [0.25, 0.3) is 89.2 Å². The van der Waals surface area contributed by atoms with Crippen LogP contribution >= 0.6 is 0 Å². The fourth-order valence-corrected chi connectivity index (χ4v) is 9.49. The van der Waals surface area contributed by atoms with Crippen LogP contribution in [0.5, 0.6) is 0 Å².